The highest BCUT2D eigenvalue weighted by Crippen LogP contribution is 2.43. The van der Waals surface area contributed by atoms with Gasteiger partial charge in [0.25, 0.3) is 0 Å². The lowest BCUT2D eigenvalue weighted by molar-refractivity contribution is -0.120. The number of carbonyl (C=O) groups is 2. The summed E-state index contributed by atoms with van der Waals surface area (Å²) >= 11 is 0. The lowest BCUT2D eigenvalue weighted by Gasteiger charge is -2.26. The van der Waals surface area contributed by atoms with Crippen molar-refractivity contribution in [3.8, 4) is 0 Å². The molecular formula is C18H20N2O2. The number of rotatable bonds is 2. The van der Waals surface area contributed by atoms with Gasteiger partial charge >= 0.3 is 0 Å². The Morgan fingerprint density at radius 3 is 2.82 bits per heavy atom. The highest BCUT2D eigenvalue weighted by Gasteiger charge is 2.39. The number of nitrogens with zero attached hydrogens (tertiary/aromatic N) is 1. The normalized spacial score (nSPS) is 28.9. The third-order valence-corrected chi connectivity index (χ3v) is 5.31. The van der Waals surface area contributed by atoms with Crippen LogP contribution in [0.5, 0.6) is 0 Å². The van der Waals surface area contributed by atoms with Gasteiger partial charge < -0.3 is 10.2 Å². The SMILES string of the molecule is CN1C(=O)CCc2cc(NC(=O)C3CC4C=CC3C4)ccc21. The van der Waals surface area contributed by atoms with Gasteiger partial charge in [0.2, 0.25) is 11.8 Å². The fourth-order valence-electron chi connectivity index (χ4n) is 4.05. The molecule has 4 heteroatoms. The van der Waals surface area contributed by atoms with Crippen LogP contribution in [-0.2, 0) is 16.0 Å². The van der Waals surface area contributed by atoms with Crippen molar-refractivity contribution in [1.82, 2.24) is 0 Å². The first kappa shape index (κ1) is 13.6. The molecule has 0 saturated heterocycles. The minimum absolute atomic E-state index is 0.121. The molecule has 3 atom stereocenters. The zero-order valence-electron chi connectivity index (χ0n) is 12.7. The van der Waals surface area contributed by atoms with E-state index < -0.39 is 0 Å². The predicted molar refractivity (Wildman–Crippen MR) is 85.6 cm³/mol. The smallest absolute Gasteiger partial charge is 0.228 e. The summed E-state index contributed by atoms with van der Waals surface area (Å²) in [6.07, 6.45) is 7.85. The number of aryl methyl sites for hydroxylation is 1. The molecule has 114 valence electrons. The second-order valence-corrected chi connectivity index (χ2v) is 6.67. The summed E-state index contributed by atoms with van der Waals surface area (Å²) in [7, 11) is 1.81. The first-order valence-electron chi connectivity index (χ1n) is 8.00. The molecule has 1 fully saturated rings. The summed E-state index contributed by atoms with van der Waals surface area (Å²) in [5.41, 5.74) is 2.93. The Morgan fingerprint density at radius 1 is 1.23 bits per heavy atom. The van der Waals surface area contributed by atoms with Gasteiger partial charge in [-0.25, -0.2) is 0 Å². The third kappa shape index (κ3) is 2.14. The van der Waals surface area contributed by atoms with Crippen LogP contribution in [0.1, 0.15) is 24.8 Å². The molecule has 1 aromatic rings. The highest BCUT2D eigenvalue weighted by atomic mass is 16.2. The number of allylic oxidation sites excluding steroid dienone is 2. The predicted octanol–water partition coefficient (Wildman–Crippen LogP) is 2.75. The molecule has 1 heterocycles. The largest absolute Gasteiger partial charge is 0.326 e. The quantitative estimate of drug-likeness (QED) is 0.853. The van der Waals surface area contributed by atoms with Crippen molar-refractivity contribution in [3.05, 3.63) is 35.9 Å². The molecule has 4 nitrogen and oxygen atoms in total. The van der Waals surface area contributed by atoms with Gasteiger partial charge in [0, 0.05) is 30.8 Å². The topological polar surface area (TPSA) is 49.4 Å². The Kier molecular flexibility index (Phi) is 3.06. The van der Waals surface area contributed by atoms with Gasteiger partial charge in [-0.3, -0.25) is 9.59 Å². The Balaban J connectivity index is 1.51. The summed E-state index contributed by atoms with van der Waals surface area (Å²) in [6.45, 7) is 0. The van der Waals surface area contributed by atoms with Gasteiger partial charge in [-0.1, -0.05) is 12.2 Å². The van der Waals surface area contributed by atoms with Crippen molar-refractivity contribution >= 4 is 23.2 Å². The van der Waals surface area contributed by atoms with Gasteiger partial charge in [0.05, 0.1) is 0 Å². The van der Waals surface area contributed by atoms with E-state index in [1.54, 1.807) is 11.9 Å². The van der Waals surface area contributed by atoms with Crippen molar-refractivity contribution in [2.75, 3.05) is 17.3 Å². The molecule has 1 aromatic carbocycles. The Hall–Kier alpha value is -2.10. The van der Waals surface area contributed by atoms with Crippen LogP contribution in [-0.4, -0.2) is 18.9 Å². The fourth-order valence-corrected chi connectivity index (χ4v) is 4.05. The molecule has 1 aliphatic heterocycles. The second kappa shape index (κ2) is 4.97. The summed E-state index contributed by atoms with van der Waals surface area (Å²) in [4.78, 5) is 25.9. The molecule has 22 heavy (non-hydrogen) atoms. The lowest BCUT2D eigenvalue weighted by atomic mass is 9.92. The molecule has 0 spiro atoms. The first-order valence-corrected chi connectivity index (χ1v) is 8.00. The van der Waals surface area contributed by atoms with Crippen LogP contribution < -0.4 is 10.2 Å². The molecule has 4 rings (SSSR count). The van der Waals surface area contributed by atoms with Gasteiger partial charge in [0.1, 0.15) is 0 Å². The number of fused-ring (bicyclic) bond motifs is 3. The van der Waals surface area contributed by atoms with Crippen LogP contribution in [0.15, 0.2) is 30.4 Å². The maximum absolute atomic E-state index is 12.5. The number of carbonyl (C=O) groups excluding carboxylic acids is 2. The van der Waals surface area contributed by atoms with E-state index in [1.807, 2.05) is 18.2 Å². The first-order chi connectivity index (χ1) is 10.6. The lowest BCUT2D eigenvalue weighted by Crippen LogP contribution is -2.31. The molecule has 2 aliphatic carbocycles. The van der Waals surface area contributed by atoms with Crippen molar-refractivity contribution < 1.29 is 9.59 Å². The average molecular weight is 296 g/mol. The summed E-state index contributed by atoms with van der Waals surface area (Å²) in [5.74, 6) is 1.43. The molecular weight excluding hydrogens is 276 g/mol. The highest BCUT2D eigenvalue weighted by molar-refractivity contribution is 5.97. The van der Waals surface area contributed by atoms with Crippen LogP contribution >= 0.6 is 0 Å². The number of benzene rings is 1. The molecule has 3 aliphatic rings. The van der Waals surface area contributed by atoms with E-state index in [1.165, 1.54) is 0 Å². The zero-order valence-corrected chi connectivity index (χ0v) is 12.7. The molecule has 0 radical (unpaired) electrons. The Labute approximate surface area is 130 Å². The number of nitrogens with one attached hydrogen (secondary N) is 1. The van der Waals surface area contributed by atoms with Crippen molar-refractivity contribution in [1.29, 1.82) is 0 Å². The molecule has 2 amide bonds. The number of amides is 2. The summed E-state index contributed by atoms with van der Waals surface area (Å²) in [6, 6.07) is 5.84. The van der Waals surface area contributed by atoms with E-state index in [0.29, 0.717) is 18.3 Å². The number of hydrogen-bond donors (Lipinski definition) is 1. The van der Waals surface area contributed by atoms with Crippen LogP contribution in [0.25, 0.3) is 0 Å². The Morgan fingerprint density at radius 2 is 2.09 bits per heavy atom. The standard InChI is InChI=1S/C18H20N2O2/c1-20-16-6-5-14(10-13(16)4-7-17(20)21)19-18(22)15-9-11-2-3-12(15)8-11/h2-3,5-6,10-12,15H,4,7-9H2,1H3,(H,19,22). The molecule has 2 bridgehead atoms. The van der Waals surface area contributed by atoms with Crippen molar-refractivity contribution in [2.45, 2.75) is 25.7 Å². The third-order valence-electron chi connectivity index (χ3n) is 5.31. The van der Waals surface area contributed by atoms with Crippen LogP contribution in [0.3, 0.4) is 0 Å². The maximum atomic E-state index is 12.5. The number of anilines is 2. The molecule has 3 unspecified atom stereocenters. The van der Waals surface area contributed by atoms with Gasteiger partial charge in [-0.15, -0.1) is 0 Å². The van der Waals surface area contributed by atoms with Crippen molar-refractivity contribution in [3.63, 3.8) is 0 Å². The van der Waals surface area contributed by atoms with E-state index in [2.05, 4.69) is 17.5 Å². The van der Waals surface area contributed by atoms with Crippen LogP contribution in [0.2, 0.25) is 0 Å². The monoisotopic (exact) mass is 296 g/mol. The second-order valence-electron chi connectivity index (χ2n) is 6.67. The minimum atomic E-state index is 0.121. The Bertz CT molecular complexity index is 680. The van der Waals surface area contributed by atoms with E-state index in [0.717, 1.165) is 36.2 Å². The van der Waals surface area contributed by atoms with Crippen LogP contribution in [0.4, 0.5) is 11.4 Å². The van der Waals surface area contributed by atoms with E-state index in [4.69, 9.17) is 0 Å². The average Bonchev–Trinajstić information content (AvgIpc) is 3.14. The van der Waals surface area contributed by atoms with E-state index >= 15 is 0 Å². The fraction of sp³-hybridized carbons (Fsp3) is 0.444. The zero-order chi connectivity index (χ0) is 15.3. The summed E-state index contributed by atoms with van der Waals surface area (Å²) < 4.78 is 0. The number of hydrogen-bond acceptors (Lipinski definition) is 2. The van der Waals surface area contributed by atoms with Gasteiger partial charge in [-0.05, 0) is 54.9 Å². The minimum Gasteiger partial charge on any atom is -0.326 e. The molecule has 0 aromatic heterocycles. The maximum Gasteiger partial charge on any atom is 0.228 e. The van der Waals surface area contributed by atoms with Crippen LogP contribution in [0, 0.1) is 17.8 Å². The van der Waals surface area contributed by atoms with E-state index in [9.17, 15) is 9.59 Å². The molecule has 1 N–H and O–H groups in total. The van der Waals surface area contributed by atoms with Gasteiger partial charge in [0.15, 0.2) is 0 Å². The summed E-state index contributed by atoms with van der Waals surface area (Å²) in [5, 5.41) is 3.07. The van der Waals surface area contributed by atoms with E-state index in [-0.39, 0.29) is 17.7 Å². The molecule has 1 saturated carbocycles. The van der Waals surface area contributed by atoms with Crippen molar-refractivity contribution in [2.24, 2.45) is 17.8 Å². The van der Waals surface area contributed by atoms with Gasteiger partial charge in [-0.2, -0.15) is 0 Å².